The highest BCUT2D eigenvalue weighted by Crippen LogP contribution is 2.42. The molecule has 1 aromatic carbocycles. The fourth-order valence-corrected chi connectivity index (χ4v) is 3.54. The number of ether oxygens (including phenoxy) is 1. The van der Waals surface area contributed by atoms with Crippen LogP contribution in [0, 0.1) is 5.92 Å². The number of hydrogen-bond donors (Lipinski definition) is 0. The summed E-state index contributed by atoms with van der Waals surface area (Å²) in [5.41, 5.74) is 1.93. The first-order valence-electron chi connectivity index (χ1n) is 8.72. The standard InChI is InChI=1S/C20H30O3Si/c1-14(2)13-16-17(15-11-9-8-10-12-15)18(19(21)22-16)23-24(6,7)20(3,4)5/h8-12,14,16H,13H2,1-7H3/t16-/m1/s1. The molecule has 1 aliphatic heterocycles. The zero-order chi connectivity index (χ0) is 18.1. The smallest absolute Gasteiger partial charge is 0.373 e. The molecule has 132 valence electrons. The van der Waals surface area contributed by atoms with Crippen molar-refractivity contribution < 1.29 is 14.0 Å². The van der Waals surface area contributed by atoms with E-state index in [1.54, 1.807) is 0 Å². The van der Waals surface area contributed by atoms with Gasteiger partial charge in [-0.25, -0.2) is 4.79 Å². The van der Waals surface area contributed by atoms with Crippen molar-refractivity contribution in [2.75, 3.05) is 0 Å². The topological polar surface area (TPSA) is 35.5 Å². The molecule has 0 unspecified atom stereocenters. The van der Waals surface area contributed by atoms with Crippen LogP contribution in [0.25, 0.3) is 5.57 Å². The van der Waals surface area contributed by atoms with Crippen LogP contribution in [0.4, 0.5) is 0 Å². The van der Waals surface area contributed by atoms with Crippen molar-refractivity contribution in [1.82, 2.24) is 0 Å². The molecule has 3 nitrogen and oxygen atoms in total. The van der Waals surface area contributed by atoms with Crippen LogP contribution in [-0.4, -0.2) is 20.4 Å². The molecule has 2 rings (SSSR count). The van der Waals surface area contributed by atoms with Gasteiger partial charge in [-0.2, -0.15) is 0 Å². The lowest BCUT2D eigenvalue weighted by Crippen LogP contribution is -2.41. The molecule has 0 aliphatic carbocycles. The molecule has 0 amide bonds. The van der Waals surface area contributed by atoms with Crippen molar-refractivity contribution in [2.45, 2.75) is 65.3 Å². The highest BCUT2D eigenvalue weighted by molar-refractivity contribution is 6.74. The van der Waals surface area contributed by atoms with Crippen LogP contribution < -0.4 is 0 Å². The van der Waals surface area contributed by atoms with E-state index in [-0.39, 0.29) is 17.1 Å². The van der Waals surface area contributed by atoms with Crippen LogP contribution >= 0.6 is 0 Å². The molecule has 0 fully saturated rings. The number of esters is 1. The maximum atomic E-state index is 12.6. The lowest BCUT2D eigenvalue weighted by atomic mass is 9.94. The zero-order valence-corrected chi connectivity index (χ0v) is 17.0. The van der Waals surface area contributed by atoms with E-state index in [9.17, 15) is 4.79 Å². The third kappa shape index (κ3) is 3.91. The molecule has 0 N–H and O–H groups in total. The Hall–Kier alpha value is -1.55. The third-order valence-electron chi connectivity index (χ3n) is 4.93. The maximum absolute atomic E-state index is 12.6. The van der Waals surface area contributed by atoms with Crippen LogP contribution in [0.3, 0.4) is 0 Å². The quantitative estimate of drug-likeness (QED) is 0.529. The first kappa shape index (κ1) is 18.8. The molecule has 0 bridgehead atoms. The summed E-state index contributed by atoms with van der Waals surface area (Å²) >= 11 is 0. The summed E-state index contributed by atoms with van der Waals surface area (Å²) < 4.78 is 12.1. The normalized spacial score (nSPS) is 19.0. The molecular weight excluding hydrogens is 316 g/mol. The predicted molar refractivity (Wildman–Crippen MR) is 101 cm³/mol. The first-order chi connectivity index (χ1) is 11.0. The average molecular weight is 347 g/mol. The van der Waals surface area contributed by atoms with E-state index in [2.05, 4.69) is 47.7 Å². The second kappa shape index (κ2) is 6.75. The van der Waals surface area contributed by atoms with E-state index >= 15 is 0 Å². The summed E-state index contributed by atoms with van der Waals surface area (Å²) in [6, 6.07) is 10.0. The van der Waals surface area contributed by atoms with Gasteiger partial charge in [0.2, 0.25) is 0 Å². The van der Waals surface area contributed by atoms with Gasteiger partial charge in [0.15, 0.2) is 5.76 Å². The molecule has 0 saturated carbocycles. The summed E-state index contributed by atoms with van der Waals surface area (Å²) in [6.07, 6.45) is 0.583. The first-order valence-corrected chi connectivity index (χ1v) is 11.6. The predicted octanol–water partition coefficient (Wildman–Crippen LogP) is 5.39. The van der Waals surface area contributed by atoms with Crippen molar-refractivity contribution in [2.24, 2.45) is 5.92 Å². The minimum Gasteiger partial charge on any atom is -0.538 e. The molecule has 4 heteroatoms. The highest BCUT2D eigenvalue weighted by atomic mass is 28.4. The van der Waals surface area contributed by atoms with E-state index in [1.165, 1.54) is 0 Å². The van der Waals surface area contributed by atoms with Crippen LogP contribution in [0.5, 0.6) is 0 Å². The lowest BCUT2D eigenvalue weighted by Gasteiger charge is -2.36. The Balaban J connectivity index is 2.50. The van der Waals surface area contributed by atoms with Crippen LogP contribution in [0.2, 0.25) is 18.1 Å². The van der Waals surface area contributed by atoms with Crippen LogP contribution in [-0.2, 0) is 14.0 Å². The molecule has 1 aliphatic rings. The molecule has 0 saturated heterocycles. The Labute approximate surface area is 147 Å². The van der Waals surface area contributed by atoms with Gasteiger partial charge in [0.05, 0.1) is 0 Å². The van der Waals surface area contributed by atoms with Gasteiger partial charge >= 0.3 is 5.97 Å². The van der Waals surface area contributed by atoms with Gasteiger partial charge in [-0.15, -0.1) is 0 Å². The minimum absolute atomic E-state index is 0.0260. The molecule has 0 radical (unpaired) electrons. The van der Waals surface area contributed by atoms with Gasteiger partial charge < -0.3 is 9.16 Å². The Morgan fingerprint density at radius 3 is 2.25 bits per heavy atom. The summed E-state index contributed by atoms with van der Waals surface area (Å²) in [4.78, 5) is 12.6. The van der Waals surface area contributed by atoms with Crippen molar-refractivity contribution in [3.8, 4) is 0 Å². The molecular formula is C20H30O3Si. The molecule has 24 heavy (non-hydrogen) atoms. The number of benzene rings is 1. The van der Waals surface area contributed by atoms with Crippen molar-refractivity contribution in [3.05, 3.63) is 41.7 Å². The monoisotopic (exact) mass is 346 g/mol. The second-order valence-electron chi connectivity index (χ2n) is 8.49. The number of carbonyl (C=O) groups excluding carboxylic acids is 1. The SMILES string of the molecule is CC(C)C[C@H]1OC(=O)C(O[Si](C)(C)C(C)(C)C)=C1c1ccccc1. The summed E-state index contributed by atoms with van der Waals surface area (Å²) in [5.74, 6) is 0.552. The molecule has 0 spiro atoms. The Morgan fingerprint density at radius 1 is 1.17 bits per heavy atom. The van der Waals surface area contributed by atoms with Gasteiger partial charge in [0, 0.05) is 5.57 Å². The largest absolute Gasteiger partial charge is 0.538 e. The lowest BCUT2D eigenvalue weighted by molar-refractivity contribution is -0.142. The Kier molecular flexibility index (Phi) is 5.28. The summed E-state index contributed by atoms with van der Waals surface area (Å²) in [6.45, 7) is 15.1. The van der Waals surface area contributed by atoms with Crippen LogP contribution in [0.15, 0.2) is 36.1 Å². The summed E-state index contributed by atoms with van der Waals surface area (Å²) in [5, 5.41) is 0.0260. The third-order valence-corrected chi connectivity index (χ3v) is 9.26. The van der Waals surface area contributed by atoms with Crippen LogP contribution in [0.1, 0.15) is 46.6 Å². The molecule has 1 heterocycles. The Morgan fingerprint density at radius 2 is 1.75 bits per heavy atom. The van der Waals surface area contributed by atoms with Crippen molar-refractivity contribution >= 4 is 19.9 Å². The fourth-order valence-electron chi connectivity index (χ4n) is 2.53. The van der Waals surface area contributed by atoms with E-state index in [0.717, 1.165) is 17.6 Å². The Bertz CT molecular complexity index is 624. The summed E-state index contributed by atoms with van der Waals surface area (Å²) in [7, 11) is -2.11. The molecule has 0 aromatic heterocycles. The fraction of sp³-hybridized carbons (Fsp3) is 0.550. The molecule has 1 aromatic rings. The van der Waals surface area contributed by atoms with E-state index in [1.807, 2.05) is 30.3 Å². The number of rotatable bonds is 5. The minimum atomic E-state index is -2.11. The maximum Gasteiger partial charge on any atom is 0.373 e. The average Bonchev–Trinajstić information content (AvgIpc) is 2.73. The van der Waals surface area contributed by atoms with Gasteiger partial charge in [-0.1, -0.05) is 65.0 Å². The number of cyclic esters (lactones) is 1. The van der Waals surface area contributed by atoms with Gasteiger partial charge in [-0.3, -0.25) is 0 Å². The van der Waals surface area contributed by atoms with Gasteiger partial charge in [-0.05, 0) is 36.0 Å². The van der Waals surface area contributed by atoms with Crippen molar-refractivity contribution in [1.29, 1.82) is 0 Å². The van der Waals surface area contributed by atoms with Crippen molar-refractivity contribution in [3.63, 3.8) is 0 Å². The van der Waals surface area contributed by atoms with E-state index in [4.69, 9.17) is 9.16 Å². The number of hydrogen-bond acceptors (Lipinski definition) is 3. The number of carbonyl (C=O) groups is 1. The van der Waals surface area contributed by atoms with Gasteiger partial charge in [0.25, 0.3) is 8.32 Å². The second-order valence-corrected chi connectivity index (χ2v) is 13.2. The molecule has 1 atom stereocenters. The van der Waals surface area contributed by atoms with E-state index < -0.39 is 8.32 Å². The van der Waals surface area contributed by atoms with E-state index in [0.29, 0.717) is 11.7 Å². The highest BCUT2D eigenvalue weighted by Gasteiger charge is 2.45. The zero-order valence-electron chi connectivity index (χ0n) is 16.0. The van der Waals surface area contributed by atoms with Gasteiger partial charge in [0.1, 0.15) is 6.10 Å².